The molecule has 0 aliphatic carbocycles. The fourth-order valence-corrected chi connectivity index (χ4v) is 0.927. The minimum absolute atomic E-state index is 0.178. The summed E-state index contributed by atoms with van der Waals surface area (Å²) in [7, 11) is 2.67. The maximum atomic E-state index is 10.6. The topological polar surface area (TPSA) is 74.2 Å². The summed E-state index contributed by atoms with van der Waals surface area (Å²) in [5.41, 5.74) is 0. The van der Waals surface area contributed by atoms with Crippen molar-refractivity contribution in [1.82, 2.24) is 0 Å². The average molecular weight is 208 g/mol. The van der Waals surface area contributed by atoms with Gasteiger partial charge in [-0.2, -0.15) is 0 Å². The molecule has 6 heteroatoms. The highest BCUT2D eigenvalue weighted by Gasteiger charge is 2.20. The standard InChI is InChI=1S/C8H16O6/c1-6(13-11-2)4-5-7(8(9)10)14-12-3/h6-7H,4-5H2,1-3H3,(H,9,10). The smallest absolute Gasteiger partial charge is 0.336 e. The minimum atomic E-state index is -1.06. The predicted octanol–water partition coefficient (Wildman–Crippen LogP) is 0.764. The second-order valence-electron chi connectivity index (χ2n) is 2.74. The molecule has 0 amide bonds. The Hall–Kier alpha value is -0.690. The quantitative estimate of drug-likeness (QED) is 0.469. The van der Waals surface area contributed by atoms with Crippen LogP contribution >= 0.6 is 0 Å². The summed E-state index contributed by atoms with van der Waals surface area (Å²) < 4.78 is 0. The Bertz CT molecular complexity index is 160. The first-order chi connectivity index (χ1) is 6.61. The molecule has 1 N–H and O–H groups in total. The zero-order valence-corrected chi connectivity index (χ0v) is 8.56. The Morgan fingerprint density at radius 1 is 1.21 bits per heavy atom. The van der Waals surface area contributed by atoms with Crippen molar-refractivity contribution >= 4 is 5.97 Å². The number of aliphatic carboxylic acids is 1. The lowest BCUT2D eigenvalue weighted by Crippen LogP contribution is -2.25. The summed E-state index contributed by atoms with van der Waals surface area (Å²) in [6.45, 7) is 1.77. The Balaban J connectivity index is 3.75. The van der Waals surface area contributed by atoms with Crippen LogP contribution in [0, 0.1) is 0 Å². The third-order valence-electron chi connectivity index (χ3n) is 1.58. The van der Waals surface area contributed by atoms with Crippen LogP contribution in [0.3, 0.4) is 0 Å². The van der Waals surface area contributed by atoms with Crippen LogP contribution in [0.25, 0.3) is 0 Å². The molecule has 0 rings (SSSR count). The van der Waals surface area contributed by atoms with E-state index in [2.05, 4.69) is 14.7 Å². The zero-order chi connectivity index (χ0) is 11.0. The van der Waals surface area contributed by atoms with E-state index in [1.165, 1.54) is 14.2 Å². The summed E-state index contributed by atoms with van der Waals surface area (Å²) in [5.74, 6) is -1.06. The van der Waals surface area contributed by atoms with Crippen molar-refractivity contribution in [3.05, 3.63) is 0 Å². The molecule has 84 valence electrons. The van der Waals surface area contributed by atoms with E-state index in [9.17, 15) is 4.79 Å². The zero-order valence-electron chi connectivity index (χ0n) is 8.56. The van der Waals surface area contributed by atoms with E-state index in [-0.39, 0.29) is 6.10 Å². The molecule has 0 aromatic heterocycles. The predicted molar refractivity (Wildman–Crippen MR) is 46.3 cm³/mol. The van der Waals surface area contributed by atoms with Crippen molar-refractivity contribution in [3.63, 3.8) is 0 Å². The molecule has 14 heavy (non-hydrogen) atoms. The van der Waals surface area contributed by atoms with Gasteiger partial charge in [-0.25, -0.2) is 24.3 Å². The third kappa shape index (κ3) is 5.87. The molecule has 2 atom stereocenters. The Morgan fingerprint density at radius 3 is 2.21 bits per heavy atom. The maximum Gasteiger partial charge on any atom is 0.336 e. The van der Waals surface area contributed by atoms with Crippen LogP contribution in [0.4, 0.5) is 0 Å². The van der Waals surface area contributed by atoms with Crippen molar-refractivity contribution in [2.75, 3.05) is 14.2 Å². The van der Waals surface area contributed by atoms with Crippen LogP contribution in [0.5, 0.6) is 0 Å². The van der Waals surface area contributed by atoms with Crippen molar-refractivity contribution in [3.8, 4) is 0 Å². The molecular formula is C8H16O6. The van der Waals surface area contributed by atoms with Crippen LogP contribution in [0.1, 0.15) is 19.8 Å². The van der Waals surface area contributed by atoms with Gasteiger partial charge in [0.25, 0.3) is 0 Å². The van der Waals surface area contributed by atoms with Gasteiger partial charge in [-0.3, -0.25) is 0 Å². The second-order valence-corrected chi connectivity index (χ2v) is 2.74. The van der Waals surface area contributed by atoms with Gasteiger partial charge in [0.05, 0.1) is 20.3 Å². The first kappa shape index (κ1) is 13.3. The Kier molecular flexibility index (Phi) is 7.31. The van der Waals surface area contributed by atoms with E-state index in [1.54, 1.807) is 6.92 Å². The summed E-state index contributed by atoms with van der Waals surface area (Å²) in [6.07, 6.45) is -0.341. The van der Waals surface area contributed by atoms with Crippen molar-refractivity contribution in [2.45, 2.75) is 32.0 Å². The van der Waals surface area contributed by atoms with E-state index in [0.717, 1.165) is 0 Å². The van der Waals surface area contributed by atoms with Crippen molar-refractivity contribution < 1.29 is 29.5 Å². The molecule has 0 heterocycles. The SMILES string of the molecule is COOC(C)CCC(OOC)C(=O)O. The van der Waals surface area contributed by atoms with Gasteiger partial charge in [0.2, 0.25) is 0 Å². The molecule has 0 aromatic rings. The number of rotatable bonds is 8. The lowest BCUT2D eigenvalue weighted by atomic mass is 10.1. The first-order valence-corrected chi connectivity index (χ1v) is 4.23. The number of hydrogen-bond acceptors (Lipinski definition) is 5. The van der Waals surface area contributed by atoms with Gasteiger partial charge in [-0.05, 0) is 19.8 Å². The van der Waals surface area contributed by atoms with E-state index >= 15 is 0 Å². The molecule has 2 unspecified atom stereocenters. The van der Waals surface area contributed by atoms with Gasteiger partial charge in [0.1, 0.15) is 0 Å². The molecule has 0 saturated carbocycles. The molecule has 0 aliphatic rings. The lowest BCUT2D eigenvalue weighted by Gasteiger charge is -2.13. The van der Waals surface area contributed by atoms with Crippen molar-refractivity contribution in [1.29, 1.82) is 0 Å². The number of hydrogen-bond donors (Lipinski definition) is 1. The molecule has 0 aromatic carbocycles. The third-order valence-corrected chi connectivity index (χ3v) is 1.58. The molecule has 6 nitrogen and oxygen atoms in total. The molecule has 0 aliphatic heterocycles. The van der Waals surface area contributed by atoms with Crippen molar-refractivity contribution in [2.24, 2.45) is 0 Å². The number of carboxylic acid groups (broad SMARTS) is 1. The molecule has 0 fully saturated rings. The first-order valence-electron chi connectivity index (χ1n) is 4.23. The Labute approximate surface area is 82.6 Å². The highest BCUT2D eigenvalue weighted by molar-refractivity contribution is 5.72. The molecular weight excluding hydrogens is 192 g/mol. The molecule has 0 spiro atoms. The van der Waals surface area contributed by atoms with Gasteiger partial charge in [-0.15, -0.1) is 0 Å². The molecule has 0 radical (unpaired) electrons. The summed E-state index contributed by atoms with van der Waals surface area (Å²) in [4.78, 5) is 28.6. The highest BCUT2D eigenvalue weighted by Crippen LogP contribution is 2.08. The Morgan fingerprint density at radius 2 is 1.79 bits per heavy atom. The van der Waals surface area contributed by atoms with E-state index < -0.39 is 12.1 Å². The fraction of sp³-hybridized carbons (Fsp3) is 0.875. The molecule has 0 saturated heterocycles. The summed E-state index contributed by atoms with van der Waals surface area (Å²) in [6, 6.07) is 0. The second kappa shape index (κ2) is 7.69. The van der Waals surface area contributed by atoms with Gasteiger partial charge in [0.15, 0.2) is 6.10 Å². The average Bonchev–Trinajstić information content (AvgIpc) is 2.12. The van der Waals surface area contributed by atoms with E-state index in [4.69, 9.17) is 9.99 Å². The monoisotopic (exact) mass is 208 g/mol. The van der Waals surface area contributed by atoms with Gasteiger partial charge in [0, 0.05) is 0 Å². The van der Waals surface area contributed by atoms with Crippen LogP contribution < -0.4 is 0 Å². The summed E-state index contributed by atoms with van der Waals surface area (Å²) >= 11 is 0. The fourth-order valence-electron chi connectivity index (χ4n) is 0.927. The lowest BCUT2D eigenvalue weighted by molar-refractivity contribution is -0.313. The largest absolute Gasteiger partial charge is 0.479 e. The van der Waals surface area contributed by atoms with Gasteiger partial charge >= 0.3 is 5.97 Å². The number of carboxylic acids is 1. The number of carbonyl (C=O) groups is 1. The van der Waals surface area contributed by atoms with Crippen LogP contribution in [0.2, 0.25) is 0 Å². The summed E-state index contributed by atoms with van der Waals surface area (Å²) in [5, 5.41) is 8.67. The van der Waals surface area contributed by atoms with Gasteiger partial charge < -0.3 is 5.11 Å². The van der Waals surface area contributed by atoms with Gasteiger partial charge in [-0.1, -0.05) is 0 Å². The maximum absolute atomic E-state index is 10.6. The minimum Gasteiger partial charge on any atom is -0.479 e. The van der Waals surface area contributed by atoms with Crippen LogP contribution in [-0.2, 0) is 24.3 Å². The van der Waals surface area contributed by atoms with Crippen LogP contribution in [0.15, 0.2) is 0 Å². The molecule has 0 bridgehead atoms. The van der Waals surface area contributed by atoms with Crippen LogP contribution in [-0.4, -0.2) is 37.5 Å². The van der Waals surface area contributed by atoms with E-state index in [1.807, 2.05) is 0 Å². The highest BCUT2D eigenvalue weighted by atomic mass is 17.2. The normalized spacial score (nSPS) is 15.1. The van der Waals surface area contributed by atoms with E-state index in [0.29, 0.717) is 12.8 Å².